The lowest BCUT2D eigenvalue weighted by Crippen LogP contribution is -2.14. The molecule has 0 bridgehead atoms. The summed E-state index contributed by atoms with van der Waals surface area (Å²) in [4.78, 5) is 9.13. The maximum Gasteiger partial charge on any atom is 0.216 e. The Hall–Kier alpha value is -1.39. The molecule has 80 valence electrons. The monoisotopic (exact) mass is 206 g/mol. The quantitative estimate of drug-likeness (QED) is 0.750. The number of rotatable bonds is 4. The zero-order valence-electron chi connectivity index (χ0n) is 8.69. The first-order chi connectivity index (χ1) is 7.42. The van der Waals surface area contributed by atoms with E-state index in [0.29, 0.717) is 13.2 Å². The van der Waals surface area contributed by atoms with Crippen LogP contribution in [0.2, 0.25) is 0 Å². The Morgan fingerprint density at radius 1 is 1.47 bits per heavy atom. The Morgan fingerprint density at radius 2 is 2.33 bits per heavy atom. The molecule has 1 aromatic carbocycles. The zero-order valence-corrected chi connectivity index (χ0v) is 8.69. The van der Waals surface area contributed by atoms with Crippen molar-refractivity contribution in [2.24, 2.45) is 4.99 Å². The van der Waals surface area contributed by atoms with Crippen molar-refractivity contribution in [1.29, 1.82) is 0 Å². The average Bonchev–Trinajstić information content (AvgIpc) is 2.80. The highest BCUT2D eigenvalue weighted by Crippen LogP contribution is 2.13. The number of aliphatic imine (C=N–C) groups is 1. The molecule has 0 amide bonds. The molecule has 4 heteroatoms. The highest BCUT2D eigenvalue weighted by atomic mass is 16.6. The van der Waals surface area contributed by atoms with Gasteiger partial charge in [0.05, 0.1) is 13.7 Å². The van der Waals surface area contributed by atoms with E-state index in [2.05, 4.69) is 10.5 Å². The van der Waals surface area contributed by atoms with E-state index in [1.54, 1.807) is 7.11 Å². The third kappa shape index (κ3) is 2.34. The molecule has 0 saturated carbocycles. The first-order valence-corrected chi connectivity index (χ1v) is 4.93. The van der Waals surface area contributed by atoms with E-state index in [1.807, 2.05) is 24.3 Å². The summed E-state index contributed by atoms with van der Waals surface area (Å²) in [6.07, 6.45) is 0. The van der Waals surface area contributed by atoms with Crippen molar-refractivity contribution in [3.8, 4) is 0 Å². The van der Waals surface area contributed by atoms with Crippen molar-refractivity contribution in [3.05, 3.63) is 35.4 Å². The lowest BCUT2D eigenvalue weighted by Gasteiger charge is -2.09. The smallest absolute Gasteiger partial charge is 0.216 e. The largest absolute Gasteiger partial charge is 0.476 e. The van der Waals surface area contributed by atoms with Gasteiger partial charge in [-0.3, -0.25) is 0 Å². The van der Waals surface area contributed by atoms with Gasteiger partial charge in [-0.15, -0.1) is 0 Å². The van der Waals surface area contributed by atoms with Crippen molar-refractivity contribution < 1.29 is 9.57 Å². The molecule has 15 heavy (non-hydrogen) atoms. The van der Waals surface area contributed by atoms with Crippen LogP contribution in [-0.4, -0.2) is 26.2 Å². The van der Waals surface area contributed by atoms with Crippen LogP contribution in [-0.2, 0) is 16.1 Å². The molecule has 4 nitrogen and oxygen atoms in total. The van der Waals surface area contributed by atoms with Crippen LogP contribution < -0.4 is 5.48 Å². The molecular weight excluding hydrogens is 192 g/mol. The lowest BCUT2D eigenvalue weighted by molar-refractivity contribution is 0.0866. The molecule has 1 aliphatic rings. The Morgan fingerprint density at radius 3 is 3.07 bits per heavy atom. The van der Waals surface area contributed by atoms with Crippen molar-refractivity contribution in [2.75, 3.05) is 20.3 Å². The standard InChI is InChI=1S/C11H14N2O2/c1-14-13-8-9-4-2-3-5-10(9)11-12-6-7-15-11/h2-5,13H,6-8H2,1H3. The van der Waals surface area contributed by atoms with Gasteiger partial charge in [-0.1, -0.05) is 18.2 Å². The van der Waals surface area contributed by atoms with E-state index < -0.39 is 0 Å². The van der Waals surface area contributed by atoms with Gasteiger partial charge in [0, 0.05) is 12.1 Å². The highest BCUT2D eigenvalue weighted by molar-refractivity contribution is 5.96. The van der Waals surface area contributed by atoms with E-state index in [9.17, 15) is 0 Å². The first-order valence-electron chi connectivity index (χ1n) is 4.93. The summed E-state index contributed by atoms with van der Waals surface area (Å²) in [5.41, 5.74) is 4.98. The molecule has 1 N–H and O–H groups in total. The van der Waals surface area contributed by atoms with Gasteiger partial charge in [0.2, 0.25) is 5.90 Å². The first kappa shape index (κ1) is 10.1. The average molecular weight is 206 g/mol. The van der Waals surface area contributed by atoms with Crippen LogP contribution in [0.15, 0.2) is 29.3 Å². The predicted molar refractivity (Wildman–Crippen MR) is 57.6 cm³/mol. The molecular formula is C11H14N2O2. The fraction of sp³-hybridized carbons (Fsp3) is 0.364. The normalized spacial score (nSPS) is 14.9. The number of nitrogens with one attached hydrogen (secondary N) is 1. The maximum atomic E-state index is 5.44. The Kier molecular flexibility index (Phi) is 3.32. The van der Waals surface area contributed by atoms with Crippen molar-refractivity contribution in [3.63, 3.8) is 0 Å². The van der Waals surface area contributed by atoms with E-state index >= 15 is 0 Å². The predicted octanol–water partition coefficient (Wildman–Crippen LogP) is 1.11. The Balaban J connectivity index is 2.21. The molecule has 0 saturated heterocycles. The van der Waals surface area contributed by atoms with Crippen LogP contribution >= 0.6 is 0 Å². The Bertz CT molecular complexity index is 363. The molecule has 1 aromatic rings. The number of hydroxylamine groups is 1. The second kappa shape index (κ2) is 4.91. The minimum absolute atomic E-state index is 0.648. The van der Waals surface area contributed by atoms with Crippen LogP contribution in [0.4, 0.5) is 0 Å². The summed E-state index contributed by atoms with van der Waals surface area (Å²) in [6.45, 7) is 2.08. The van der Waals surface area contributed by atoms with Gasteiger partial charge in [0.1, 0.15) is 6.61 Å². The molecule has 0 spiro atoms. The molecule has 0 atom stereocenters. The van der Waals surface area contributed by atoms with Crippen molar-refractivity contribution in [1.82, 2.24) is 5.48 Å². The van der Waals surface area contributed by atoms with Gasteiger partial charge in [-0.2, -0.15) is 5.48 Å². The van der Waals surface area contributed by atoms with Crippen LogP contribution in [0, 0.1) is 0 Å². The van der Waals surface area contributed by atoms with E-state index in [0.717, 1.165) is 23.6 Å². The summed E-state index contributed by atoms with van der Waals surface area (Å²) in [5.74, 6) is 0.739. The zero-order chi connectivity index (χ0) is 10.5. The molecule has 1 heterocycles. The third-order valence-electron chi connectivity index (χ3n) is 2.24. The van der Waals surface area contributed by atoms with E-state index in [1.165, 1.54) is 0 Å². The minimum atomic E-state index is 0.648. The lowest BCUT2D eigenvalue weighted by atomic mass is 10.1. The van der Waals surface area contributed by atoms with Crippen LogP contribution in [0.1, 0.15) is 11.1 Å². The summed E-state index contributed by atoms with van der Waals surface area (Å²) >= 11 is 0. The van der Waals surface area contributed by atoms with Crippen molar-refractivity contribution >= 4 is 5.90 Å². The van der Waals surface area contributed by atoms with Crippen LogP contribution in [0.25, 0.3) is 0 Å². The van der Waals surface area contributed by atoms with E-state index in [4.69, 9.17) is 9.57 Å². The number of hydrogen-bond donors (Lipinski definition) is 1. The van der Waals surface area contributed by atoms with Gasteiger partial charge in [0.25, 0.3) is 0 Å². The highest BCUT2D eigenvalue weighted by Gasteiger charge is 2.13. The molecule has 0 aliphatic carbocycles. The molecule has 0 fully saturated rings. The van der Waals surface area contributed by atoms with Crippen LogP contribution in [0.3, 0.4) is 0 Å². The topological polar surface area (TPSA) is 42.8 Å². The molecule has 0 unspecified atom stereocenters. The second-order valence-electron chi connectivity index (χ2n) is 3.22. The fourth-order valence-electron chi connectivity index (χ4n) is 1.53. The van der Waals surface area contributed by atoms with Crippen molar-refractivity contribution in [2.45, 2.75) is 6.54 Å². The number of benzene rings is 1. The molecule has 0 radical (unpaired) electrons. The minimum Gasteiger partial charge on any atom is -0.476 e. The summed E-state index contributed by atoms with van der Waals surface area (Å²) in [7, 11) is 1.60. The van der Waals surface area contributed by atoms with Gasteiger partial charge >= 0.3 is 0 Å². The SMILES string of the molecule is CONCc1ccccc1C1=NCCO1. The number of ether oxygens (including phenoxy) is 1. The van der Waals surface area contributed by atoms with Gasteiger partial charge < -0.3 is 9.57 Å². The maximum absolute atomic E-state index is 5.44. The number of hydrogen-bond acceptors (Lipinski definition) is 4. The molecule has 1 aliphatic heterocycles. The molecule has 2 rings (SSSR count). The summed E-state index contributed by atoms with van der Waals surface area (Å²) in [5, 5.41) is 0. The van der Waals surface area contributed by atoms with Crippen LogP contribution in [0.5, 0.6) is 0 Å². The Labute approximate surface area is 88.9 Å². The second-order valence-corrected chi connectivity index (χ2v) is 3.22. The number of nitrogens with zero attached hydrogens (tertiary/aromatic N) is 1. The fourth-order valence-corrected chi connectivity index (χ4v) is 1.53. The summed E-state index contributed by atoms with van der Waals surface area (Å²) < 4.78 is 5.44. The molecule has 0 aromatic heterocycles. The summed E-state index contributed by atoms with van der Waals surface area (Å²) in [6, 6.07) is 8.02. The third-order valence-corrected chi connectivity index (χ3v) is 2.24. The van der Waals surface area contributed by atoms with Gasteiger partial charge in [-0.05, 0) is 11.6 Å². The van der Waals surface area contributed by atoms with Gasteiger partial charge in [-0.25, -0.2) is 4.99 Å². The van der Waals surface area contributed by atoms with Gasteiger partial charge in [0.15, 0.2) is 0 Å². The van der Waals surface area contributed by atoms with E-state index in [-0.39, 0.29) is 0 Å².